The van der Waals surface area contributed by atoms with Crippen LogP contribution in [0.4, 0.5) is 10.5 Å². The Balaban J connectivity index is 2.07. The quantitative estimate of drug-likeness (QED) is 0.737. The number of urea groups is 1. The molecule has 1 aliphatic heterocycles. The molecule has 21 heavy (non-hydrogen) atoms. The lowest BCUT2D eigenvalue weighted by atomic mass is 10.1. The predicted molar refractivity (Wildman–Crippen MR) is 75.7 cm³/mol. The molecule has 1 aromatic carbocycles. The number of ether oxygens (including phenoxy) is 1. The molecule has 1 fully saturated rings. The van der Waals surface area contributed by atoms with Crippen molar-refractivity contribution < 1.29 is 24.5 Å². The van der Waals surface area contributed by atoms with Crippen molar-refractivity contribution in [2.75, 3.05) is 19.0 Å². The fourth-order valence-corrected chi connectivity index (χ4v) is 2.35. The Kier molecular flexibility index (Phi) is 4.32. The number of carboxylic acid groups (broad SMARTS) is 1. The Labute approximate surface area is 122 Å². The van der Waals surface area contributed by atoms with E-state index in [0.29, 0.717) is 6.61 Å². The highest BCUT2D eigenvalue weighted by Gasteiger charge is 2.30. The smallest absolute Gasteiger partial charge is 0.335 e. The minimum absolute atomic E-state index is 0.0227. The summed E-state index contributed by atoms with van der Waals surface area (Å²) in [6, 6.07) is 3.37. The molecule has 2 rings (SSSR count). The molecule has 1 aromatic rings. The lowest BCUT2D eigenvalue weighted by molar-refractivity contribution is 0.0696. The van der Waals surface area contributed by atoms with Gasteiger partial charge in [-0.15, -0.1) is 0 Å². The Bertz CT molecular complexity index is 560. The van der Waals surface area contributed by atoms with E-state index in [1.807, 2.05) is 6.92 Å². The normalized spacial score (nSPS) is 21.0. The second kappa shape index (κ2) is 6.01. The summed E-state index contributed by atoms with van der Waals surface area (Å²) in [4.78, 5) is 24.5. The van der Waals surface area contributed by atoms with Crippen molar-refractivity contribution in [2.24, 2.45) is 0 Å². The van der Waals surface area contributed by atoms with E-state index in [4.69, 9.17) is 9.84 Å². The molecule has 0 bridgehead atoms. The summed E-state index contributed by atoms with van der Waals surface area (Å²) in [5.41, 5.74) is 0.125. The van der Waals surface area contributed by atoms with E-state index in [9.17, 15) is 14.7 Å². The summed E-state index contributed by atoms with van der Waals surface area (Å²) in [6.45, 7) is 2.52. The van der Waals surface area contributed by atoms with Gasteiger partial charge in [0.25, 0.3) is 0 Å². The molecule has 0 aromatic heterocycles. The van der Waals surface area contributed by atoms with Gasteiger partial charge in [-0.1, -0.05) is 0 Å². The van der Waals surface area contributed by atoms with Gasteiger partial charge in [-0.3, -0.25) is 0 Å². The van der Waals surface area contributed by atoms with Crippen molar-refractivity contribution in [3.05, 3.63) is 23.8 Å². The number of nitrogens with one attached hydrogen (secondary N) is 1. The van der Waals surface area contributed by atoms with Crippen LogP contribution in [-0.2, 0) is 4.74 Å². The minimum atomic E-state index is -1.14. The minimum Gasteiger partial charge on any atom is -0.506 e. The molecule has 3 N–H and O–H groups in total. The van der Waals surface area contributed by atoms with Gasteiger partial charge in [0, 0.05) is 13.7 Å². The lowest BCUT2D eigenvalue weighted by Gasteiger charge is -2.27. The molecule has 114 valence electrons. The molecule has 2 amide bonds. The number of phenolic OH excluding ortho intramolecular Hbond substituents is 1. The molecule has 7 nitrogen and oxygen atoms in total. The van der Waals surface area contributed by atoms with E-state index in [1.165, 1.54) is 17.0 Å². The van der Waals surface area contributed by atoms with Crippen molar-refractivity contribution in [3.8, 4) is 5.75 Å². The third kappa shape index (κ3) is 3.25. The van der Waals surface area contributed by atoms with E-state index in [1.54, 1.807) is 7.05 Å². The molecule has 0 spiro atoms. The van der Waals surface area contributed by atoms with Gasteiger partial charge in [0.1, 0.15) is 5.75 Å². The van der Waals surface area contributed by atoms with Gasteiger partial charge in [-0.05, 0) is 31.5 Å². The molecule has 1 heterocycles. The van der Waals surface area contributed by atoms with Gasteiger partial charge >= 0.3 is 12.0 Å². The zero-order valence-electron chi connectivity index (χ0n) is 11.9. The number of carboxylic acids is 1. The number of likely N-dealkylation sites (N-methyl/N-ethyl adjacent to an activating group) is 1. The molecule has 7 heteroatoms. The first kappa shape index (κ1) is 15.1. The Hall–Kier alpha value is -2.28. The zero-order chi connectivity index (χ0) is 15.6. The molecule has 0 radical (unpaired) electrons. The summed E-state index contributed by atoms with van der Waals surface area (Å²) < 4.78 is 5.42. The number of hydrogen-bond acceptors (Lipinski definition) is 4. The average molecular weight is 294 g/mol. The molecule has 1 saturated heterocycles. The van der Waals surface area contributed by atoms with Crippen LogP contribution in [0.15, 0.2) is 18.2 Å². The third-order valence-electron chi connectivity index (χ3n) is 3.64. The molecule has 0 aliphatic carbocycles. The third-order valence-corrected chi connectivity index (χ3v) is 3.64. The van der Waals surface area contributed by atoms with E-state index in [0.717, 1.165) is 12.5 Å². The lowest BCUT2D eigenvalue weighted by Crippen LogP contribution is -2.43. The first-order valence-corrected chi connectivity index (χ1v) is 6.62. The van der Waals surface area contributed by atoms with Crippen LogP contribution in [0, 0.1) is 0 Å². The summed E-state index contributed by atoms with van der Waals surface area (Å²) in [5, 5.41) is 21.2. The summed E-state index contributed by atoms with van der Waals surface area (Å²) in [6.07, 6.45) is 0.721. The number of aromatic hydroxyl groups is 1. The fraction of sp³-hybridized carbons (Fsp3) is 0.429. The number of carbonyl (C=O) groups excluding carboxylic acids is 1. The van der Waals surface area contributed by atoms with Crippen molar-refractivity contribution in [1.82, 2.24) is 4.90 Å². The molecule has 2 unspecified atom stereocenters. The zero-order valence-corrected chi connectivity index (χ0v) is 11.9. The number of carbonyl (C=O) groups is 2. The fourth-order valence-electron chi connectivity index (χ4n) is 2.35. The largest absolute Gasteiger partial charge is 0.506 e. The standard InChI is InChI=1S/C14H18N2O5/c1-8-11(5-6-21-8)16(2)14(20)15-10-4-3-9(13(18)19)7-12(10)17/h3-4,7-8,11,17H,5-6H2,1-2H3,(H,15,20)(H,18,19). The number of amides is 2. The predicted octanol–water partition coefficient (Wildman–Crippen LogP) is 1.73. The topological polar surface area (TPSA) is 99.1 Å². The van der Waals surface area contributed by atoms with E-state index in [-0.39, 0.29) is 35.2 Å². The van der Waals surface area contributed by atoms with E-state index in [2.05, 4.69) is 5.32 Å². The van der Waals surface area contributed by atoms with Crippen LogP contribution in [0.1, 0.15) is 23.7 Å². The number of benzene rings is 1. The van der Waals surface area contributed by atoms with Crippen molar-refractivity contribution in [1.29, 1.82) is 0 Å². The van der Waals surface area contributed by atoms with Crippen molar-refractivity contribution >= 4 is 17.7 Å². The summed E-state index contributed by atoms with van der Waals surface area (Å²) in [7, 11) is 1.66. The molecular formula is C14H18N2O5. The number of hydrogen-bond donors (Lipinski definition) is 3. The van der Waals surface area contributed by atoms with E-state index >= 15 is 0 Å². The highest BCUT2D eigenvalue weighted by atomic mass is 16.5. The Morgan fingerprint density at radius 1 is 1.43 bits per heavy atom. The number of nitrogens with zero attached hydrogens (tertiary/aromatic N) is 1. The van der Waals surface area contributed by atoms with Crippen LogP contribution in [-0.4, -0.2) is 52.9 Å². The van der Waals surface area contributed by atoms with Crippen LogP contribution in [0.25, 0.3) is 0 Å². The van der Waals surface area contributed by atoms with Crippen molar-refractivity contribution in [2.45, 2.75) is 25.5 Å². The average Bonchev–Trinajstić information content (AvgIpc) is 2.86. The maximum atomic E-state index is 12.1. The van der Waals surface area contributed by atoms with Gasteiger partial charge < -0.3 is 25.2 Å². The number of rotatable bonds is 3. The number of aromatic carboxylic acids is 1. The molecular weight excluding hydrogens is 276 g/mol. The monoisotopic (exact) mass is 294 g/mol. The SMILES string of the molecule is CC1OCCC1N(C)C(=O)Nc1ccc(C(=O)O)cc1O. The van der Waals surface area contributed by atoms with Crippen LogP contribution < -0.4 is 5.32 Å². The molecule has 2 atom stereocenters. The van der Waals surface area contributed by atoms with Crippen LogP contribution in [0.5, 0.6) is 5.75 Å². The Morgan fingerprint density at radius 3 is 2.67 bits per heavy atom. The first-order valence-electron chi connectivity index (χ1n) is 6.62. The van der Waals surface area contributed by atoms with Gasteiger partial charge in [0.15, 0.2) is 0 Å². The maximum Gasteiger partial charge on any atom is 0.335 e. The highest BCUT2D eigenvalue weighted by molar-refractivity contribution is 5.93. The summed E-state index contributed by atoms with van der Waals surface area (Å²) in [5.74, 6) is -1.43. The second-order valence-corrected chi connectivity index (χ2v) is 5.01. The maximum absolute atomic E-state index is 12.1. The van der Waals surface area contributed by atoms with Crippen LogP contribution in [0.3, 0.4) is 0 Å². The first-order chi connectivity index (χ1) is 9.90. The van der Waals surface area contributed by atoms with Gasteiger partial charge in [0.05, 0.1) is 23.4 Å². The number of phenols is 1. The Morgan fingerprint density at radius 2 is 2.14 bits per heavy atom. The summed E-state index contributed by atoms with van der Waals surface area (Å²) >= 11 is 0. The van der Waals surface area contributed by atoms with Crippen LogP contribution >= 0.6 is 0 Å². The van der Waals surface area contributed by atoms with Gasteiger partial charge in [-0.2, -0.15) is 0 Å². The van der Waals surface area contributed by atoms with Crippen LogP contribution in [0.2, 0.25) is 0 Å². The highest BCUT2D eigenvalue weighted by Crippen LogP contribution is 2.25. The number of anilines is 1. The molecule has 0 saturated carbocycles. The van der Waals surface area contributed by atoms with Gasteiger partial charge in [-0.25, -0.2) is 9.59 Å². The van der Waals surface area contributed by atoms with Crippen molar-refractivity contribution in [3.63, 3.8) is 0 Å². The molecule has 1 aliphatic rings. The van der Waals surface area contributed by atoms with Gasteiger partial charge in [0.2, 0.25) is 0 Å². The second-order valence-electron chi connectivity index (χ2n) is 5.01. The van der Waals surface area contributed by atoms with E-state index < -0.39 is 5.97 Å².